The summed E-state index contributed by atoms with van der Waals surface area (Å²) in [4.78, 5) is 31.4. The van der Waals surface area contributed by atoms with Crippen molar-refractivity contribution in [3.63, 3.8) is 0 Å². The lowest BCUT2D eigenvalue weighted by atomic mass is 10.0. The second kappa shape index (κ2) is 6.87. The maximum absolute atomic E-state index is 12.4. The van der Waals surface area contributed by atoms with Gasteiger partial charge < -0.3 is 9.64 Å². The molecule has 0 aliphatic carbocycles. The summed E-state index contributed by atoms with van der Waals surface area (Å²) >= 11 is 0. The van der Waals surface area contributed by atoms with Crippen LogP contribution in [-0.2, 0) is 0 Å². The molecule has 2 aromatic rings. The number of carbonyl (C=O) groups is 1. The minimum atomic E-state index is -0.464. The third kappa shape index (κ3) is 3.08. The largest absolute Gasteiger partial charge is 0.415 e. The van der Waals surface area contributed by atoms with Gasteiger partial charge >= 0.3 is 6.09 Å². The van der Waals surface area contributed by atoms with Crippen molar-refractivity contribution in [2.75, 3.05) is 26.2 Å². The molecule has 0 bridgehead atoms. The van der Waals surface area contributed by atoms with E-state index in [2.05, 4.69) is 9.88 Å². The Labute approximate surface area is 150 Å². The summed E-state index contributed by atoms with van der Waals surface area (Å²) in [6.07, 6.45) is 4.83. The molecular weight excluding hydrogens is 336 g/mol. The Hall–Kier alpha value is -2.74. The zero-order chi connectivity index (χ0) is 18.1. The van der Waals surface area contributed by atoms with Crippen molar-refractivity contribution in [3.05, 3.63) is 40.6 Å². The van der Waals surface area contributed by atoms with Gasteiger partial charge in [0.2, 0.25) is 0 Å². The van der Waals surface area contributed by atoms with Crippen LogP contribution < -0.4 is 4.74 Å². The number of amides is 1. The molecule has 0 spiro atoms. The van der Waals surface area contributed by atoms with Crippen LogP contribution in [0.4, 0.5) is 10.5 Å². The SMILES string of the molecule is O=C(Oc1ccc([N+](=O)[O-])c2cccnc12)N1CC(N2CCCCC2)C1. The molecule has 1 aromatic carbocycles. The van der Waals surface area contributed by atoms with Crippen LogP contribution in [0.15, 0.2) is 30.5 Å². The molecule has 0 unspecified atom stereocenters. The molecule has 2 aliphatic rings. The fourth-order valence-electron chi connectivity index (χ4n) is 3.65. The summed E-state index contributed by atoms with van der Waals surface area (Å²) < 4.78 is 5.49. The van der Waals surface area contributed by atoms with Crippen LogP contribution >= 0.6 is 0 Å². The number of aromatic nitrogens is 1. The molecule has 2 fully saturated rings. The Morgan fingerprint density at radius 1 is 1.19 bits per heavy atom. The van der Waals surface area contributed by atoms with Gasteiger partial charge in [-0.05, 0) is 44.1 Å². The summed E-state index contributed by atoms with van der Waals surface area (Å²) in [5.41, 5.74) is 0.269. The van der Waals surface area contributed by atoms with Crippen LogP contribution in [0, 0.1) is 10.1 Å². The number of benzene rings is 1. The van der Waals surface area contributed by atoms with E-state index in [1.165, 1.54) is 37.6 Å². The smallest absolute Gasteiger partial charge is 0.408 e. The third-order valence-corrected chi connectivity index (χ3v) is 5.13. The Morgan fingerprint density at radius 3 is 2.69 bits per heavy atom. The molecule has 1 aromatic heterocycles. The van der Waals surface area contributed by atoms with Crippen molar-refractivity contribution >= 4 is 22.7 Å². The summed E-state index contributed by atoms with van der Waals surface area (Å²) in [6.45, 7) is 3.53. The number of pyridine rings is 1. The van der Waals surface area contributed by atoms with Crippen LogP contribution in [0.1, 0.15) is 19.3 Å². The van der Waals surface area contributed by atoms with E-state index in [1.807, 2.05) is 0 Å². The van der Waals surface area contributed by atoms with Crippen LogP contribution in [-0.4, -0.2) is 58.0 Å². The zero-order valence-electron chi connectivity index (χ0n) is 14.3. The number of fused-ring (bicyclic) bond motifs is 1. The number of hydrogen-bond acceptors (Lipinski definition) is 6. The highest BCUT2D eigenvalue weighted by molar-refractivity contribution is 5.93. The first-order valence-corrected chi connectivity index (χ1v) is 8.86. The van der Waals surface area contributed by atoms with E-state index in [0.29, 0.717) is 30.0 Å². The molecule has 0 saturated carbocycles. The van der Waals surface area contributed by atoms with Gasteiger partial charge in [-0.1, -0.05) is 6.42 Å². The maximum atomic E-state index is 12.4. The van der Waals surface area contributed by atoms with Gasteiger partial charge in [0.1, 0.15) is 5.52 Å². The Bertz CT molecular complexity index is 844. The average molecular weight is 356 g/mol. The number of nitro groups is 1. The number of rotatable bonds is 3. The molecule has 3 heterocycles. The first-order valence-electron chi connectivity index (χ1n) is 8.86. The van der Waals surface area contributed by atoms with Crippen molar-refractivity contribution < 1.29 is 14.5 Å². The average Bonchev–Trinajstić information content (AvgIpc) is 2.61. The van der Waals surface area contributed by atoms with Crippen molar-refractivity contribution in [1.82, 2.24) is 14.8 Å². The normalized spacial score (nSPS) is 18.5. The molecule has 0 radical (unpaired) electrons. The first-order chi connectivity index (χ1) is 12.6. The number of likely N-dealkylation sites (tertiary alicyclic amines) is 2. The van der Waals surface area contributed by atoms with Gasteiger partial charge in [0.15, 0.2) is 5.75 Å². The molecule has 26 heavy (non-hydrogen) atoms. The van der Waals surface area contributed by atoms with Crippen molar-refractivity contribution in [1.29, 1.82) is 0 Å². The van der Waals surface area contributed by atoms with E-state index in [1.54, 1.807) is 17.0 Å². The monoisotopic (exact) mass is 356 g/mol. The second-order valence-electron chi connectivity index (χ2n) is 6.76. The molecule has 2 aliphatic heterocycles. The molecule has 136 valence electrons. The fourth-order valence-corrected chi connectivity index (χ4v) is 3.65. The van der Waals surface area contributed by atoms with Crippen molar-refractivity contribution in [3.8, 4) is 5.75 Å². The van der Waals surface area contributed by atoms with E-state index in [0.717, 1.165) is 13.1 Å². The maximum Gasteiger partial charge on any atom is 0.415 e. The lowest BCUT2D eigenvalue weighted by Crippen LogP contribution is -2.62. The molecular formula is C18H20N4O4. The van der Waals surface area contributed by atoms with Gasteiger partial charge in [-0.3, -0.25) is 20.0 Å². The quantitative estimate of drug-likeness (QED) is 0.621. The van der Waals surface area contributed by atoms with Gasteiger partial charge in [-0.15, -0.1) is 0 Å². The number of ether oxygens (including phenoxy) is 1. The van der Waals surface area contributed by atoms with E-state index >= 15 is 0 Å². The number of nitrogens with zero attached hydrogens (tertiary/aromatic N) is 4. The standard InChI is InChI=1S/C18H20N4O4/c23-18(21-11-13(12-21)20-9-2-1-3-10-20)26-16-7-6-15(22(24)25)14-5-4-8-19-17(14)16/h4-8,13H,1-3,9-12H2. The predicted molar refractivity (Wildman–Crippen MR) is 95.2 cm³/mol. The van der Waals surface area contributed by atoms with Gasteiger partial charge in [0, 0.05) is 31.4 Å². The number of non-ortho nitro benzene ring substituents is 1. The summed E-state index contributed by atoms with van der Waals surface area (Å²) in [7, 11) is 0. The highest BCUT2D eigenvalue weighted by Crippen LogP contribution is 2.32. The molecule has 4 rings (SSSR count). The van der Waals surface area contributed by atoms with Gasteiger partial charge in [0.25, 0.3) is 5.69 Å². The van der Waals surface area contributed by atoms with Crippen LogP contribution in [0.2, 0.25) is 0 Å². The van der Waals surface area contributed by atoms with Crippen LogP contribution in [0.25, 0.3) is 10.9 Å². The summed E-state index contributed by atoms with van der Waals surface area (Å²) in [6, 6.07) is 6.43. The minimum absolute atomic E-state index is 0.0537. The summed E-state index contributed by atoms with van der Waals surface area (Å²) in [5.74, 6) is 0.248. The van der Waals surface area contributed by atoms with E-state index < -0.39 is 11.0 Å². The molecule has 8 heteroatoms. The van der Waals surface area contributed by atoms with E-state index in [4.69, 9.17) is 4.74 Å². The second-order valence-corrected chi connectivity index (χ2v) is 6.76. The molecule has 2 saturated heterocycles. The Morgan fingerprint density at radius 2 is 1.96 bits per heavy atom. The van der Waals surface area contributed by atoms with Crippen molar-refractivity contribution in [2.24, 2.45) is 0 Å². The minimum Gasteiger partial charge on any atom is -0.408 e. The van der Waals surface area contributed by atoms with E-state index in [-0.39, 0.29) is 11.4 Å². The number of nitro benzene ring substituents is 1. The predicted octanol–water partition coefficient (Wildman–Crippen LogP) is 2.81. The topological polar surface area (TPSA) is 88.8 Å². The number of hydrogen-bond donors (Lipinski definition) is 0. The summed E-state index contributed by atoms with van der Waals surface area (Å²) in [5, 5.41) is 11.5. The van der Waals surface area contributed by atoms with Crippen LogP contribution in [0.5, 0.6) is 5.75 Å². The number of carbonyl (C=O) groups excluding carboxylic acids is 1. The van der Waals surface area contributed by atoms with Gasteiger partial charge in [-0.25, -0.2) is 4.79 Å². The Kier molecular flexibility index (Phi) is 4.42. The Balaban J connectivity index is 1.45. The molecule has 8 nitrogen and oxygen atoms in total. The number of piperidine rings is 1. The highest BCUT2D eigenvalue weighted by atomic mass is 16.6. The molecule has 0 atom stereocenters. The lowest BCUT2D eigenvalue weighted by molar-refractivity contribution is -0.383. The fraction of sp³-hybridized carbons (Fsp3) is 0.444. The molecule has 0 N–H and O–H groups in total. The molecule has 1 amide bonds. The zero-order valence-corrected chi connectivity index (χ0v) is 14.3. The van der Waals surface area contributed by atoms with Gasteiger partial charge in [0.05, 0.1) is 10.3 Å². The first kappa shape index (κ1) is 16.7. The third-order valence-electron chi connectivity index (χ3n) is 5.13. The lowest BCUT2D eigenvalue weighted by Gasteiger charge is -2.45. The van der Waals surface area contributed by atoms with Crippen molar-refractivity contribution in [2.45, 2.75) is 25.3 Å². The van der Waals surface area contributed by atoms with E-state index in [9.17, 15) is 14.9 Å². The van der Waals surface area contributed by atoms with Crippen LogP contribution in [0.3, 0.4) is 0 Å². The van der Waals surface area contributed by atoms with Gasteiger partial charge in [-0.2, -0.15) is 0 Å². The highest BCUT2D eigenvalue weighted by Gasteiger charge is 2.36.